The van der Waals surface area contributed by atoms with Gasteiger partial charge in [0.25, 0.3) is 0 Å². The van der Waals surface area contributed by atoms with Crippen molar-refractivity contribution in [2.75, 3.05) is 24.8 Å². The van der Waals surface area contributed by atoms with Crippen LogP contribution in [0, 0.1) is 0 Å². The average molecular weight is 385 g/mol. The molecular formula is C7H16NO7P3S2. The van der Waals surface area contributed by atoms with E-state index >= 15 is 0 Å². The number of nitrogens with zero attached hydrogens (tertiary/aromatic N) is 1. The molecule has 8 nitrogen and oxygen atoms in total. The molecule has 0 aromatic rings. The predicted octanol–water partition coefficient (Wildman–Crippen LogP) is 2.95. The highest BCUT2D eigenvalue weighted by Crippen LogP contribution is 2.57. The van der Waals surface area contributed by atoms with E-state index in [1.807, 2.05) is 0 Å². The third-order valence-corrected chi connectivity index (χ3v) is 6.71. The van der Waals surface area contributed by atoms with E-state index in [4.69, 9.17) is 11.1 Å². The summed E-state index contributed by atoms with van der Waals surface area (Å²) in [5.41, 5.74) is 0. The Morgan fingerprint density at radius 1 is 1.40 bits per heavy atom. The molecule has 0 rings (SSSR count). The van der Waals surface area contributed by atoms with Crippen LogP contribution in [-0.4, -0.2) is 41.7 Å². The van der Waals surface area contributed by atoms with Gasteiger partial charge in [0.15, 0.2) is 0 Å². The first-order valence-corrected chi connectivity index (χ1v) is 11.7. The fourth-order valence-corrected chi connectivity index (χ4v) is 5.03. The zero-order chi connectivity index (χ0) is 16.4. The molecule has 0 aromatic carbocycles. The van der Waals surface area contributed by atoms with Gasteiger partial charge in [-0.1, -0.05) is 21.6 Å². The minimum atomic E-state index is -4.51. The van der Waals surface area contributed by atoms with Crippen LogP contribution in [0.3, 0.4) is 0 Å². The maximum absolute atomic E-state index is 11.2. The van der Waals surface area contributed by atoms with Crippen LogP contribution in [0.25, 0.3) is 0 Å². The van der Waals surface area contributed by atoms with Crippen molar-refractivity contribution in [3.05, 3.63) is 0 Å². The van der Waals surface area contributed by atoms with Crippen LogP contribution in [0.1, 0.15) is 12.8 Å². The fourth-order valence-electron chi connectivity index (χ4n) is 0.852. The molecule has 0 aliphatic rings. The van der Waals surface area contributed by atoms with Crippen LogP contribution in [0.5, 0.6) is 0 Å². The molecule has 0 aromatic heterocycles. The molecule has 1 amide bonds. The van der Waals surface area contributed by atoms with E-state index in [2.05, 4.69) is 13.6 Å². The van der Waals surface area contributed by atoms with Crippen molar-refractivity contribution in [1.29, 1.82) is 1.28 Å². The highest BCUT2D eigenvalue weighted by molar-refractivity contribution is 8.76. The second kappa shape index (κ2) is 10.5. The van der Waals surface area contributed by atoms with Crippen LogP contribution in [-0.2, 0) is 22.8 Å². The summed E-state index contributed by atoms with van der Waals surface area (Å²) < 4.78 is 40.6. The zero-order valence-corrected chi connectivity index (χ0v) is 14.9. The van der Waals surface area contributed by atoms with Crippen LogP contribution < -0.4 is 0 Å². The SMILES string of the molecule is [3H]P=NC(=O)CCCSSCCOP(=O)(O)OP(C)(=O)O. The van der Waals surface area contributed by atoms with Crippen molar-refractivity contribution in [2.45, 2.75) is 12.8 Å². The van der Waals surface area contributed by atoms with Gasteiger partial charge >= 0.3 is 15.4 Å². The maximum atomic E-state index is 11.2. The minimum absolute atomic E-state index is 0.0375. The molecule has 0 bridgehead atoms. The van der Waals surface area contributed by atoms with E-state index in [0.717, 1.165) is 6.66 Å². The van der Waals surface area contributed by atoms with Crippen molar-refractivity contribution in [1.82, 2.24) is 0 Å². The average Bonchev–Trinajstić information content (AvgIpc) is 2.29. The number of hydrogen-bond donors (Lipinski definition) is 2. The largest absolute Gasteiger partial charge is 0.479 e. The number of phosphoric ester groups is 1. The lowest BCUT2D eigenvalue weighted by molar-refractivity contribution is -0.117. The van der Waals surface area contributed by atoms with Gasteiger partial charge in [0.2, 0.25) is 5.91 Å². The lowest BCUT2D eigenvalue weighted by Gasteiger charge is -2.13. The molecule has 0 saturated heterocycles. The van der Waals surface area contributed by atoms with Crippen molar-refractivity contribution >= 4 is 51.9 Å². The topological polar surface area (TPSA) is 122 Å². The Morgan fingerprint density at radius 3 is 2.65 bits per heavy atom. The highest BCUT2D eigenvalue weighted by Gasteiger charge is 2.29. The summed E-state index contributed by atoms with van der Waals surface area (Å²) >= 11 is 0. The highest BCUT2D eigenvalue weighted by atomic mass is 33.1. The molecule has 0 heterocycles. The quantitative estimate of drug-likeness (QED) is 0.314. The number of amides is 1. The molecule has 2 atom stereocenters. The van der Waals surface area contributed by atoms with Gasteiger partial charge in [-0.15, -0.1) is 0 Å². The first-order valence-electron chi connectivity index (χ1n) is 5.72. The smallest absolute Gasteiger partial charge is 0.324 e. The lowest BCUT2D eigenvalue weighted by Crippen LogP contribution is -1.97. The van der Waals surface area contributed by atoms with Crippen molar-refractivity contribution in [2.24, 2.45) is 4.74 Å². The second-order valence-electron chi connectivity index (χ2n) is 3.43. The van der Waals surface area contributed by atoms with E-state index < -0.39 is 15.4 Å². The van der Waals surface area contributed by atoms with Gasteiger partial charge < -0.3 is 9.79 Å². The van der Waals surface area contributed by atoms with Gasteiger partial charge in [-0.25, -0.2) is 13.6 Å². The molecule has 20 heavy (non-hydrogen) atoms. The van der Waals surface area contributed by atoms with Gasteiger partial charge in [-0.05, 0) is 15.4 Å². The second-order valence-corrected chi connectivity index (χ2v) is 9.78. The number of carbonyl (C=O) groups excluding carboxylic acids is 1. The van der Waals surface area contributed by atoms with E-state index in [1.54, 1.807) is 0 Å². The normalized spacial score (nSPS) is 18.4. The maximum Gasteiger partial charge on any atom is 0.479 e. The van der Waals surface area contributed by atoms with Gasteiger partial charge in [0, 0.05) is 24.6 Å². The van der Waals surface area contributed by atoms with Gasteiger partial charge in [-0.3, -0.25) is 13.9 Å². The molecule has 0 fully saturated rings. The van der Waals surface area contributed by atoms with Crippen LogP contribution in [0.15, 0.2) is 4.74 Å². The summed E-state index contributed by atoms with van der Waals surface area (Å²) in [6.45, 7) is 0.676. The van der Waals surface area contributed by atoms with Crippen LogP contribution in [0.4, 0.5) is 0 Å². The molecule has 2 unspecified atom stereocenters. The van der Waals surface area contributed by atoms with Crippen molar-refractivity contribution < 1.29 is 32.5 Å². The molecule has 0 spiro atoms. The van der Waals surface area contributed by atoms with E-state index in [1.165, 1.54) is 21.6 Å². The number of phosphoric acid groups is 1. The monoisotopic (exact) mass is 385 g/mol. The zero-order valence-electron chi connectivity index (χ0n) is 11.6. The Kier molecular flexibility index (Phi) is 9.87. The van der Waals surface area contributed by atoms with Gasteiger partial charge in [0.05, 0.1) is 6.61 Å². The Bertz CT molecular complexity index is 446. The predicted molar refractivity (Wildman–Crippen MR) is 82.5 cm³/mol. The molecule has 0 aliphatic carbocycles. The fraction of sp³-hybridized carbons (Fsp3) is 0.857. The Morgan fingerprint density at radius 2 is 2.05 bits per heavy atom. The number of carbonyl (C=O) groups is 1. The third-order valence-electron chi connectivity index (χ3n) is 1.49. The summed E-state index contributed by atoms with van der Waals surface area (Å²) in [5, 5.41) is 0. The van der Waals surface area contributed by atoms with Crippen molar-refractivity contribution in [3.63, 3.8) is 0 Å². The molecule has 0 radical (unpaired) electrons. The van der Waals surface area contributed by atoms with Gasteiger partial charge in [0.1, 0.15) is 1.28 Å². The van der Waals surface area contributed by atoms with Crippen molar-refractivity contribution in [3.8, 4) is 0 Å². The lowest BCUT2D eigenvalue weighted by atomic mass is 10.3. The first-order chi connectivity index (χ1) is 9.66. The molecule has 0 saturated carbocycles. The van der Waals surface area contributed by atoms with E-state index in [-0.39, 0.29) is 27.9 Å². The molecule has 2 N–H and O–H groups in total. The third kappa shape index (κ3) is 13.7. The van der Waals surface area contributed by atoms with Gasteiger partial charge in [-0.2, -0.15) is 0 Å². The Labute approximate surface area is 128 Å². The summed E-state index contributed by atoms with van der Waals surface area (Å²) in [7, 11) is -5.80. The Balaban J connectivity index is 3.58. The summed E-state index contributed by atoms with van der Waals surface area (Å²) in [6, 6.07) is 0. The van der Waals surface area contributed by atoms with E-state index in [9.17, 15) is 13.9 Å². The molecule has 118 valence electrons. The van der Waals surface area contributed by atoms with Crippen LogP contribution >= 0.6 is 46.0 Å². The Hall–Kier alpha value is 0.770. The summed E-state index contributed by atoms with van der Waals surface area (Å²) in [6.07, 6.45) is 0.916. The van der Waals surface area contributed by atoms with Crippen LogP contribution in [0.2, 0.25) is 0 Å². The van der Waals surface area contributed by atoms with E-state index in [0.29, 0.717) is 17.9 Å². The summed E-state index contributed by atoms with van der Waals surface area (Å²) in [5.74, 6) is 0.767. The number of rotatable bonds is 11. The molecular weight excluding hydrogens is 367 g/mol. The summed E-state index contributed by atoms with van der Waals surface area (Å²) in [4.78, 5) is 28.9. The molecule has 13 heteroatoms. The number of hydrogen-bond acceptors (Lipinski definition) is 7. The standard InChI is InChI=1S/C7H16NO7P3S2/c1-17(10,11)15-18(12,13)14-4-6-20-19-5-2-3-7(9)8-16/h16H,2-6H2,1H3,(H,10,11)(H,12,13)/i16T. The first kappa shape index (κ1) is 18.8. The molecule has 0 aliphatic heterocycles. The minimum Gasteiger partial charge on any atom is -0.324 e.